The minimum absolute atomic E-state index is 0.356. The van der Waals surface area contributed by atoms with Gasteiger partial charge >= 0.3 is 0 Å². The van der Waals surface area contributed by atoms with E-state index in [9.17, 15) is 0 Å². The zero-order valence-electron chi connectivity index (χ0n) is 14.1. The van der Waals surface area contributed by atoms with Gasteiger partial charge in [0.05, 0.1) is 0 Å². The van der Waals surface area contributed by atoms with E-state index in [1.807, 2.05) is 0 Å². The van der Waals surface area contributed by atoms with Crippen molar-refractivity contribution in [1.29, 1.82) is 0 Å². The number of nitrogens with one attached hydrogen (secondary N) is 1. The van der Waals surface area contributed by atoms with Crippen LogP contribution in [0.15, 0.2) is 18.2 Å². The predicted molar refractivity (Wildman–Crippen MR) is 86.3 cm³/mol. The van der Waals surface area contributed by atoms with Crippen LogP contribution in [0.4, 0.5) is 0 Å². The molecule has 1 aliphatic rings. The van der Waals surface area contributed by atoms with E-state index < -0.39 is 0 Å². The summed E-state index contributed by atoms with van der Waals surface area (Å²) in [6.45, 7) is 14.9. The van der Waals surface area contributed by atoms with Gasteiger partial charge < -0.3 is 14.4 Å². The number of quaternary nitrogens is 1. The predicted octanol–water partition coefficient (Wildman–Crippen LogP) is 2.19. The van der Waals surface area contributed by atoms with Gasteiger partial charge in [0, 0.05) is 0 Å². The van der Waals surface area contributed by atoms with Crippen LogP contribution in [0.3, 0.4) is 0 Å². The van der Waals surface area contributed by atoms with Crippen molar-refractivity contribution in [2.24, 2.45) is 0 Å². The highest BCUT2D eigenvalue weighted by atomic mass is 16.5. The molecule has 2 rings (SSSR count). The van der Waals surface area contributed by atoms with Crippen LogP contribution in [-0.2, 0) is 4.74 Å². The van der Waals surface area contributed by atoms with E-state index in [0.29, 0.717) is 18.1 Å². The smallest absolute Gasteiger partial charge is 0.137 e. The van der Waals surface area contributed by atoms with E-state index in [-0.39, 0.29) is 0 Å². The molecule has 1 N–H and O–H groups in total. The molecule has 0 saturated carbocycles. The maximum Gasteiger partial charge on any atom is 0.137 e. The lowest BCUT2D eigenvalue weighted by molar-refractivity contribution is -0.915. The van der Waals surface area contributed by atoms with Crippen LogP contribution in [0.2, 0.25) is 0 Å². The summed E-state index contributed by atoms with van der Waals surface area (Å²) in [5, 5.41) is 0. The Hall–Kier alpha value is -1.06. The lowest BCUT2D eigenvalue weighted by Gasteiger charge is -2.32. The summed E-state index contributed by atoms with van der Waals surface area (Å²) in [5.74, 6) is 1.55. The number of aryl methyl sites for hydroxylation is 1. The first-order chi connectivity index (χ1) is 9.95. The maximum absolute atomic E-state index is 6.09. The van der Waals surface area contributed by atoms with Gasteiger partial charge in [0.25, 0.3) is 0 Å². The Labute approximate surface area is 129 Å². The lowest BCUT2D eigenvalue weighted by Crippen LogP contribution is -3.16. The molecule has 1 fully saturated rings. The van der Waals surface area contributed by atoms with E-state index in [0.717, 1.165) is 32.0 Å². The highest BCUT2D eigenvalue weighted by Gasteiger charge is 2.25. The quantitative estimate of drug-likeness (QED) is 0.899. The van der Waals surface area contributed by atoms with Crippen molar-refractivity contribution in [3.63, 3.8) is 0 Å². The summed E-state index contributed by atoms with van der Waals surface area (Å²) in [6, 6.07) is 6.52. The molecule has 1 heterocycles. The normalized spacial score (nSPS) is 26.1. The van der Waals surface area contributed by atoms with E-state index >= 15 is 0 Å². The van der Waals surface area contributed by atoms with E-state index in [1.165, 1.54) is 11.1 Å². The van der Waals surface area contributed by atoms with E-state index in [4.69, 9.17) is 9.47 Å². The average molecular weight is 292 g/mol. The molecular weight excluding hydrogens is 262 g/mol. The molecule has 1 aliphatic heterocycles. The fourth-order valence-corrected chi connectivity index (χ4v) is 3.14. The zero-order valence-corrected chi connectivity index (χ0v) is 14.1. The standard InChI is InChI=1S/C18H29NO2/c1-13(2)17-7-6-14(3)10-18(17)20-9-8-19-11-15(4)21-16(5)12-19/h6-7,10,13,15-16H,8-9,11-12H2,1-5H3/p+1/t15-,16+. The Morgan fingerprint density at radius 3 is 2.52 bits per heavy atom. The van der Waals surface area contributed by atoms with Crippen molar-refractivity contribution in [3.8, 4) is 5.75 Å². The minimum atomic E-state index is 0.356. The van der Waals surface area contributed by atoms with Crippen LogP contribution in [0.1, 0.15) is 44.7 Å². The maximum atomic E-state index is 6.09. The fraction of sp³-hybridized carbons (Fsp3) is 0.667. The van der Waals surface area contributed by atoms with Gasteiger partial charge in [0.1, 0.15) is 44.2 Å². The number of hydrogen-bond acceptors (Lipinski definition) is 2. The summed E-state index contributed by atoms with van der Waals surface area (Å²) in [5.41, 5.74) is 2.56. The molecule has 3 atom stereocenters. The first-order valence-electron chi connectivity index (χ1n) is 8.18. The Balaban J connectivity index is 1.90. The van der Waals surface area contributed by atoms with Gasteiger partial charge in [-0.3, -0.25) is 0 Å². The minimum Gasteiger partial charge on any atom is -0.487 e. The fourth-order valence-electron chi connectivity index (χ4n) is 3.14. The molecule has 1 unspecified atom stereocenters. The van der Waals surface area contributed by atoms with Crippen LogP contribution in [-0.4, -0.2) is 38.4 Å². The molecule has 118 valence electrons. The molecule has 1 aromatic carbocycles. The van der Waals surface area contributed by atoms with Crippen LogP contribution in [0.5, 0.6) is 5.75 Å². The number of morpholine rings is 1. The molecule has 0 radical (unpaired) electrons. The third-order valence-corrected chi connectivity index (χ3v) is 4.12. The summed E-state index contributed by atoms with van der Waals surface area (Å²) in [7, 11) is 0. The monoisotopic (exact) mass is 292 g/mol. The molecule has 1 aromatic rings. The summed E-state index contributed by atoms with van der Waals surface area (Å²) < 4.78 is 11.9. The first kappa shape index (κ1) is 16.3. The third-order valence-electron chi connectivity index (χ3n) is 4.12. The largest absolute Gasteiger partial charge is 0.487 e. The van der Waals surface area contributed by atoms with Crippen molar-refractivity contribution in [2.45, 2.75) is 52.7 Å². The third kappa shape index (κ3) is 4.72. The van der Waals surface area contributed by atoms with Crippen LogP contribution in [0.25, 0.3) is 0 Å². The second-order valence-corrected chi connectivity index (χ2v) is 6.71. The average Bonchev–Trinajstić information content (AvgIpc) is 2.37. The molecule has 0 spiro atoms. The Morgan fingerprint density at radius 1 is 1.24 bits per heavy atom. The van der Waals surface area contributed by atoms with Crippen molar-refractivity contribution in [3.05, 3.63) is 29.3 Å². The van der Waals surface area contributed by atoms with E-state index in [2.05, 4.69) is 52.8 Å². The molecule has 21 heavy (non-hydrogen) atoms. The topological polar surface area (TPSA) is 22.9 Å². The summed E-state index contributed by atoms with van der Waals surface area (Å²) in [6.07, 6.45) is 0.711. The number of rotatable bonds is 5. The Kier molecular flexibility index (Phi) is 5.65. The molecule has 3 heteroatoms. The first-order valence-corrected chi connectivity index (χ1v) is 8.18. The van der Waals surface area contributed by atoms with Gasteiger partial charge in [-0.1, -0.05) is 26.0 Å². The Bertz CT molecular complexity index is 449. The van der Waals surface area contributed by atoms with Gasteiger partial charge in [0.2, 0.25) is 0 Å². The Morgan fingerprint density at radius 2 is 1.90 bits per heavy atom. The SMILES string of the molecule is Cc1ccc(C(C)C)c(OCC[NH+]2C[C@@H](C)O[C@@H](C)C2)c1. The summed E-state index contributed by atoms with van der Waals surface area (Å²) in [4.78, 5) is 1.58. The van der Waals surface area contributed by atoms with Gasteiger partial charge in [-0.25, -0.2) is 0 Å². The zero-order chi connectivity index (χ0) is 15.4. The molecular formula is C18H30NO2+. The van der Waals surface area contributed by atoms with Crippen molar-refractivity contribution in [2.75, 3.05) is 26.2 Å². The highest BCUT2D eigenvalue weighted by Crippen LogP contribution is 2.27. The van der Waals surface area contributed by atoms with Crippen LogP contribution in [0, 0.1) is 6.92 Å². The van der Waals surface area contributed by atoms with Gasteiger partial charge in [0.15, 0.2) is 0 Å². The van der Waals surface area contributed by atoms with Gasteiger partial charge in [-0.05, 0) is 43.9 Å². The van der Waals surface area contributed by atoms with Gasteiger partial charge in [-0.15, -0.1) is 0 Å². The molecule has 0 aromatic heterocycles. The molecule has 0 aliphatic carbocycles. The number of hydrogen-bond donors (Lipinski definition) is 1. The van der Waals surface area contributed by atoms with Crippen LogP contribution >= 0.6 is 0 Å². The van der Waals surface area contributed by atoms with Crippen molar-refractivity contribution < 1.29 is 14.4 Å². The number of ether oxygens (including phenoxy) is 2. The van der Waals surface area contributed by atoms with E-state index in [1.54, 1.807) is 4.90 Å². The second kappa shape index (κ2) is 7.28. The molecule has 0 bridgehead atoms. The van der Waals surface area contributed by atoms with Crippen LogP contribution < -0.4 is 9.64 Å². The molecule has 1 saturated heterocycles. The van der Waals surface area contributed by atoms with Crippen molar-refractivity contribution in [1.82, 2.24) is 0 Å². The molecule has 3 nitrogen and oxygen atoms in total. The summed E-state index contributed by atoms with van der Waals surface area (Å²) >= 11 is 0. The van der Waals surface area contributed by atoms with Crippen molar-refractivity contribution >= 4 is 0 Å². The lowest BCUT2D eigenvalue weighted by atomic mass is 10.0. The second-order valence-electron chi connectivity index (χ2n) is 6.71. The number of benzene rings is 1. The highest BCUT2D eigenvalue weighted by molar-refractivity contribution is 5.39. The van der Waals surface area contributed by atoms with Gasteiger partial charge in [-0.2, -0.15) is 0 Å². The molecule has 0 amide bonds.